The molecule has 0 spiro atoms. The van der Waals surface area contributed by atoms with Gasteiger partial charge in [0.1, 0.15) is 0 Å². The van der Waals surface area contributed by atoms with E-state index in [-0.39, 0.29) is 12.4 Å². The fourth-order valence-corrected chi connectivity index (χ4v) is 1.94. The lowest BCUT2D eigenvalue weighted by molar-refractivity contribution is 0.598. The molecule has 4 heteroatoms. The Morgan fingerprint density at radius 3 is 2.63 bits per heavy atom. The van der Waals surface area contributed by atoms with Crippen molar-refractivity contribution in [2.45, 2.75) is 13.0 Å². The molecule has 1 heterocycles. The van der Waals surface area contributed by atoms with Crippen LogP contribution >= 0.6 is 0 Å². The summed E-state index contributed by atoms with van der Waals surface area (Å²) in [7, 11) is 1.84. The summed E-state index contributed by atoms with van der Waals surface area (Å²) in [5, 5.41) is 0. The molecule has 0 aliphatic rings. The molecule has 19 heavy (non-hydrogen) atoms. The Bertz CT molecular complexity index is 528. The average molecular weight is 259 g/mol. The molecule has 0 aliphatic carbocycles. The van der Waals surface area contributed by atoms with Crippen LogP contribution in [0.4, 0.5) is 10.2 Å². The Kier molecular flexibility index (Phi) is 4.47. The van der Waals surface area contributed by atoms with Gasteiger partial charge in [0.25, 0.3) is 0 Å². The number of pyridine rings is 1. The second-order valence-corrected chi connectivity index (χ2v) is 4.47. The van der Waals surface area contributed by atoms with Gasteiger partial charge in [0.2, 0.25) is 0 Å². The summed E-state index contributed by atoms with van der Waals surface area (Å²) in [5.41, 5.74) is 7.22. The summed E-state index contributed by atoms with van der Waals surface area (Å²) in [5.74, 6) is 0.0412. The van der Waals surface area contributed by atoms with E-state index >= 15 is 0 Å². The molecule has 2 aromatic rings. The fourth-order valence-electron chi connectivity index (χ4n) is 1.94. The van der Waals surface area contributed by atoms with E-state index in [0.29, 0.717) is 17.9 Å². The first kappa shape index (κ1) is 13.5. The van der Waals surface area contributed by atoms with Crippen LogP contribution in [0.3, 0.4) is 0 Å². The molecule has 0 atom stereocenters. The van der Waals surface area contributed by atoms with Crippen LogP contribution in [0.2, 0.25) is 0 Å². The molecule has 0 unspecified atom stereocenters. The minimum absolute atomic E-state index is 0.188. The maximum atomic E-state index is 14.1. The van der Waals surface area contributed by atoms with E-state index in [2.05, 4.69) is 17.1 Å². The quantitative estimate of drug-likeness (QED) is 0.896. The fraction of sp³-hybridized carbons (Fsp3) is 0.267. The lowest BCUT2D eigenvalue weighted by Gasteiger charge is -2.19. The summed E-state index contributed by atoms with van der Waals surface area (Å²) in [6.45, 7) is 0.899. The normalized spacial score (nSPS) is 10.5. The van der Waals surface area contributed by atoms with Crippen molar-refractivity contribution in [3.8, 4) is 0 Å². The Hall–Kier alpha value is -1.94. The predicted molar refractivity (Wildman–Crippen MR) is 75.5 cm³/mol. The first-order chi connectivity index (χ1) is 9.22. The van der Waals surface area contributed by atoms with E-state index in [9.17, 15) is 4.39 Å². The van der Waals surface area contributed by atoms with Crippen LogP contribution in [-0.2, 0) is 13.0 Å². The number of rotatable bonds is 5. The number of nitrogens with two attached hydrogens (primary N) is 1. The highest BCUT2D eigenvalue weighted by Gasteiger charge is 2.12. The Labute approximate surface area is 112 Å². The second kappa shape index (κ2) is 6.29. The lowest BCUT2D eigenvalue weighted by Crippen LogP contribution is -2.23. The third kappa shape index (κ3) is 3.29. The van der Waals surface area contributed by atoms with Crippen molar-refractivity contribution in [2.24, 2.45) is 5.73 Å². The van der Waals surface area contributed by atoms with Crippen LogP contribution in [0, 0.1) is 5.82 Å². The predicted octanol–water partition coefficient (Wildman–Crippen LogP) is 2.36. The number of hydrogen-bond acceptors (Lipinski definition) is 3. The standard InChI is InChI=1S/C15H18FN3/c1-19(10-8-12-5-3-2-4-6-12)15-14(16)13(11-17)7-9-18-15/h2-7,9H,8,10-11,17H2,1H3. The summed E-state index contributed by atoms with van der Waals surface area (Å²) in [4.78, 5) is 5.92. The van der Waals surface area contributed by atoms with E-state index in [4.69, 9.17) is 5.73 Å². The van der Waals surface area contributed by atoms with Gasteiger partial charge in [0, 0.05) is 31.9 Å². The number of aromatic nitrogens is 1. The molecule has 0 saturated heterocycles. The first-order valence-corrected chi connectivity index (χ1v) is 6.31. The molecule has 2 N–H and O–H groups in total. The van der Waals surface area contributed by atoms with Crippen molar-refractivity contribution >= 4 is 5.82 Å². The summed E-state index contributed by atoms with van der Waals surface area (Å²) in [6.07, 6.45) is 2.45. The van der Waals surface area contributed by atoms with Gasteiger partial charge in [-0.25, -0.2) is 9.37 Å². The topological polar surface area (TPSA) is 42.2 Å². The molecule has 0 saturated carbocycles. The number of halogens is 1. The number of hydrogen-bond donors (Lipinski definition) is 1. The minimum Gasteiger partial charge on any atom is -0.357 e. The smallest absolute Gasteiger partial charge is 0.170 e. The van der Waals surface area contributed by atoms with Crippen molar-refractivity contribution in [1.82, 2.24) is 4.98 Å². The molecule has 0 bridgehead atoms. The molecule has 0 amide bonds. The van der Waals surface area contributed by atoms with E-state index in [0.717, 1.165) is 6.42 Å². The van der Waals surface area contributed by atoms with Gasteiger partial charge >= 0.3 is 0 Å². The number of benzene rings is 1. The molecule has 0 aliphatic heterocycles. The molecule has 100 valence electrons. The lowest BCUT2D eigenvalue weighted by atomic mass is 10.1. The van der Waals surface area contributed by atoms with Crippen LogP contribution in [-0.4, -0.2) is 18.6 Å². The van der Waals surface area contributed by atoms with Gasteiger partial charge in [-0.1, -0.05) is 30.3 Å². The molecular formula is C15H18FN3. The van der Waals surface area contributed by atoms with Crippen LogP contribution in [0.5, 0.6) is 0 Å². The first-order valence-electron chi connectivity index (χ1n) is 6.31. The Morgan fingerprint density at radius 1 is 1.21 bits per heavy atom. The SMILES string of the molecule is CN(CCc1ccccc1)c1nccc(CN)c1F. The zero-order valence-corrected chi connectivity index (χ0v) is 11.0. The highest BCUT2D eigenvalue weighted by Crippen LogP contribution is 2.18. The van der Waals surface area contributed by atoms with Gasteiger partial charge in [-0.3, -0.25) is 0 Å². The number of likely N-dealkylation sites (N-methyl/N-ethyl adjacent to an activating group) is 1. The van der Waals surface area contributed by atoms with Crippen molar-refractivity contribution in [1.29, 1.82) is 0 Å². The van der Waals surface area contributed by atoms with Crippen molar-refractivity contribution in [3.05, 3.63) is 59.5 Å². The molecule has 1 aromatic heterocycles. The molecule has 1 aromatic carbocycles. The Morgan fingerprint density at radius 2 is 1.95 bits per heavy atom. The molecule has 3 nitrogen and oxygen atoms in total. The molecule has 0 radical (unpaired) electrons. The van der Waals surface area contributed by atoms with Gasteiger partial charge in [0.05, 0.1) is 0 Å². The highest BCUT2D eigenvalue weighted by atomic mass is 19.1. The van der Waals surface area contributed by atoms with Crippen molar-refractivity contribution in [2.75, 3.05) is 18.5 Å². The monoisotopic (exact) mass is 259 g/mol. The van der Waals surface area contributed by atoms with Gasteiger partial charge in [0.15, 0.2) is 11.6 Å². The molecule has 2 rings (SSSR count). The largest absolute Gasteiger partial charge is 0.357 e. The third-order valence-corrected chi connectivity index (χ3v) is 3.11. The van der Waals surface area contributed by atoms with Crippen molar-refractivity contribution in [3.63, 3.8) is 0 Å². The maximum absolute atomic E-state index is 14.1. The van der Waals surface area contributed by atoms with E-state index in [1.165, 1.54) is 5.56 Å². The highest BCUT2D eigenvalue weighted by molar-refractivity contribution is 5.42. The van der Waals surface area contributed by atoms with E-state index < -0.39 is 0 Å². The van der Waals surface area contributed by atoms with E-state index in [1.54, 1.807) is 12.3 Å². The average Bonchev–Trinajstić information content (AvgIpc) is 2.46. The van der Waals surface area contributed by atoms with Gasteiger partial charge < -0.3 is 10.6 Å². The van der Waals surface area contributed by atoms with E-state index in [1.807, 2.05) is 30.1 Å². The van der Waals surface area contributed by atoms with Crippen LogP contribution in [0.1, 0.15) is 11.1 Å². The summed E-state index contributed by atoms with van der Waals surface area (Å²) in [6, 6.07) is 11.7. The van der Waals surface area contributed by atoms with Gasteiger partial charge in [-0.2, -0.15) is 0 Å². The Balaban J connectivity index is 2.06. The number of nitrogens with zero attached hydrogens (tertiary/aromatic N) is 2. The maximum Gasteiger partial charge on any atom is 0.170 e. The van der Waals surface area contributed by atoms with Gasteiger partial charge in [-0.15, -0.1) is 0 Å². The molecule has 0 fully saturated rings. The summed E-state index contributed by atoms with van der Waals surface area (Å²) < 4.78 is 14.1. The van der Waals surface area contributed by atoms with Gasteiger partial charge in [-0.05, 0) is 18.1 Å². The zero-order valence-electron chi connectivity index (χ0n) is 11.0. The third-order valence-electron chi connectivity index (χ3n) is 3.11. The summed E-state index contributed by atoms with van der Waals surface area (Å²) >= 11 is 0. The van der Waals surface area contributed by atoms with Crippen LogP contribution in [0.15, 0.2) is 42.6 Å². The van der Waals surface area contributed by atoms with Crippen molar-refractivity contribution < 1.29 is 4.39 Å². The number of anilines is 1. The minimum atomic E-state index is -0.319. The zero-order chi connectivity index (χ0) is 13.7. The van der Waals surface area contributed by atoms with Crippen LogP contribution in [0.25, 0.3) is 0 Å². The molecular weight excluding hydrogens is 241 g/mol. The van der Waals surface area contributed by atoms with Crippen LogP contribution < -0.4 is 10.6 Å². The second-order valence-electron chi connectivity index (χ2n) is 4.47.